The summed E-state index contributed by atoms with van der Waals surface area (Å²) < 4.78 is 2.18. The maximum absolute atomic E-state index is 5.85. The zero-order valence-electron chi connectivity index (χ0n) is 7.96. The summed E-state index contributed by atoms with van der Waals surface area (Å²) >= 11 is 0. The highest BCUT2D eigenvalue weighted by atomic mass is 14.9. The van der Waals surface area contributed by atoms with Gasteiger partial charge >= 0.3 is 0 Å². The van der Waals surface area contributed by atoms with Gasteiger partial charge in [-0.1, -0.05) is 6.92 Å². The molecule has 2 nitrogen and oxygen atoms in total. The van der Waals surface area contributed by atoms with E-state index in [0.29, 0.717) is 6.04 Å². The third-order valence-electron chi connectivity index (χ3n) is 2.20. The molecule has 12 heavy (non-hydrogen) atoms. The topological polar surface area (TPSA) is 30.9 Å². The van der Waals surface area contributed by atoms with Crippen LogP contribution in [-0.2, 0) is 13.0 Å². The predicted octanol–water partition coefficient (Wildman–Crippen LogP) is 1.79. The second kappa shape index (κ2) is 4.31. The van der Waals surface area contributed by atoms with Gasteiger partial charge < -0.3 is 10.3 Å². The van der Waals surface area contributed by atoms with Gasteiger partial charge in [0.05, 0.1) is 0 Å². The summed E-state index contributed by atoms with van der Waals surface area (Å²) in [4.78, 5) is 0. The Bertz CT molecular complexity index is 227. The number of hydrogen-bond acceptors (Lipinski definition) is 1. The van der Waals surface area contributed by atoms with Crippen molar-refractivity contribution in [3.05, 3.63) is 24.0 Å². The van der Waals surface area contributed by atoms with Gasteiger partial charge in [-0.3, -0.25) is 0 Å². The molecule has 0 bridgehead atoms. The van der Waals surface area contributed by atoms with Crippen LogP contribution < -0.4 is 5.73 Å². The van der Waals surface area contributed by atoms with Crippen LogP contribution in [0.1, 0.15) is 25.8 Å². The van der Waals surface area contributed by atoms with E-state index in [-0.39, 0.29) is 0 Å². The molecule has 0 aliphatic carbocycles. The smallest absolute Gasteiger partial charge is 0.0191 e. The highest BCUT2D eigenvalue weighted by molar-refractivity contribution is 5.11. The normalized spacial score (nSPS) is 13.2. The third-order valence-corrected chi connectivity index (χ3v) is 2.20. The van der Waals surface area contributed by atoms with Crippen LogP contribution in [0.5, 0.6) is 0 Å². The van der Waals surface area contributed by atoms with Gasteiger partial charge in [0.15, 0.2) is 0 Å². The van der Waals surface area contributed by atoms with E-state index in [1.807, 2.05) is 0 Å². The van der Waals surface area contributed by atoms with E-state index in [1.165, 1.54) is 5.56 Å². The van der Waals surface area contributed by atoms with Crippen LogP contribution in [0, 0.1) is 0 Å². The van der Waals surface area contributed by atoms with Crippen LogP contribution in [0.2, 0.25) is 0 Å². The number of hydrogen-bond donors (Lipinski definition) is 1. The molecule has 0 fully saturated rings. The number of aryl methyl sites for hydroxylation is 1. The van der Waals surface area contributed by atoms with Crippen LogP contribution >= 0.6 is 0 Å². The quantitative estimate of drug-likeness (QED) is 0.726. The summed E-state index contributed by atoms with van der Waals surface area (Å²) in [6.45, 7) is 5.31. The highest BCUT2D eigenvalue weighted by Gasteiger charge is 2.01. The van der Waals surface area contributed by atoms with Crippen molar-refractivity contribution in [2.75, 3.05) is 0 Å². The van der Waals surface area contributed by atoms with E-state index in [4.69, 9.17) is 5.73 Å². The van der Waals surface area contributed by atoms with Crippen molar-refractivity contribution < 1.29 is 0 Å². The van der Waals surface area contributed by atoms with Crippen molar-refractivity contribution in [2.24, 2.45) is 5.73 Å². The van der Waals surface area contributed by atoms with Crippen molar-refractivity contribution in [2.45, 2.75) is 39.3 Å². The zero-order valence-corrected chi connectivity index (χ0v) is 7.96. The number of nitrogens with zero attached hydrogens (tertiary/aromatic N) is 1. The second-order valence-corrected chi connectivity index (χ2v) is 3.22. The largest absolute Gasteiger partial charge is 0.354 e. The Balaban J connectivity index is 2.52. The van der Waals surface area contributed by atoms with Crippen molar-refractivity contribution in [1.29, 1.82) is 0 Å². The Kier molecular flexibility index (Phi) is 3.35. The Morgan fingerprint density at radius 2 is 2.25 bits per heavy atom. The van der Waals surface area contributed by atoms with Crippen molar-refractivity contribution in [3.8, 4) is 0 Å². The molecule has 0 saturated heterocycles. The fraction of sp³-hybridized carbons (Fsp3) is 0.600. The highest BCUT2D eigenvalue weighted by Crippen LogP contribution is 2.05. The van der Waals surface area contributed by atoms with E-state index < -0.39 is 0 Å². The minimum absolute atomic E-state index is 0.317. The molecular formula is C10H18N2. The van der Waals surface area contributed by atoms with Gasteiger partial charge in [-0.25, -0.2) is 0 Å². The first kappa shape index (κ1) is 9.33. The maximum Gasteiger partial charge on any atom is 0.0191 e. The summed E-state index contributed by atoms with van der Waals surface area (Å²) in [5.74, 6) is 0. The van der Waals surface area contributed by atoms with Gasteiger partial charge in [-0.2, -0.15) is 0 Å². The second-order valence-electron chi connectivity index (χ2n) is 3.22. The van der Waals surface area contributed by atoms with Gasteiger partial charge in [0, 0.05) is 25.0 Å². The molecule has 1 aromatic heterocycles. The lowest BCUT2D eigenvalue weighted by Gasteiger charge is -2.05. The van der Waals surface area contributed by atoms with Crippen LogP contribution in [-0.4, -0.2) is 10.6 Å². The van der Waals surface area contributed by atoms with Gasteiger partial charge in [-0.05, 0) is 31.4 Å². The number of aromatic nitrogens is 1. The average Bonchev–Trinajstić information content (AvgIpc) is 2.52. The van der Waals surface area contributed by atoms with Crippen molar-refractivity contribution >= 4 is 0 Å². The monoisotopic (exact) mass is 166 g/mol. The summed E-state index contributed by atoms with van der Waals surface area (Å²) in [6, 6.07) is 2.47. The molecule has 1 rings (SSSR count). The number of rotatable bonds is 4. The van der Waals surface area contributed by atoms with Crippen LogP contribution in [0.4, 0.5) is 0 Å². The first-order valence-electron chi connectivity index (χ1n) is 4.66. The van der Waals surface area contributed by atoms with Crippen LogP contribution in [0.15, 0.2) is 18.5 Å². The van der Waals surface area contributed by atoms with Gasteiger partial charge in [0.1, 0.15) is 0 Å². The molecule has 1 aromatic rings. The molecule has 2 heteroatoms. The van der Waals surface area contributed by atoms with E-state index in [1.54, 1.807) is 0 Å². The first-order chi connectivity index (χ1) is 5.76. The lowest BCUT2D eigenvalue weighted by Crippen LogP contribution is -2.20. The molecule has 0 spiro atoms. The molecule has 0 amide bonds. The molecule has 0 aliphatic heterocycles. The summed E-state index contributed by atoms with van der Waals surface area (Å²) in [5.41, 5.74) is 7.20. The first-order valence-corrected chi connectivity index (χ1v) is 4.66. The molecule has 68 valence electrons. The van der Waals surface area contributed by atoms with E-state index >= 15 is 0 Å². The molecule has 0 aromatic carbocycles. The molecule has 0 aliphatic rings. The van der Waals surface area contributed by atoms with Gasteiger partial charge in [-0.15, -0.1) is 0 Å². The van der Waals surface area contributed by atoms with Gasteiger partial charge in [0.25, 0.3) is 0 Å². The standard InChI is InChI=1S/C10H18N2/c1-3-10(11)7-9-5-6-12(4-2)8-9/h5-6,8,10H,3-4,7,11H2,1-2H3. The Hall–Kier alpha value is -0.760. The molecule has 1 heterocycles. The van der Waals surface area contributed by atoms with E-state index in [0.717, 1.165) is 19.4 Å². The lowest BCUT2D eigenvalue weighted by atomic mass is 10.1. The fourth-order valence-corrected chi connectivity index (χ4v) is 1.26. The Morgan fingerprint density at radius 1 is 1.50 bits per heavy atom. The summed E-state index contributed by atoms with van der Waals surface area (Å²) in [5, 5.41) is 0. The Labute approximate surface area is 74.4 Å². The molecule has 1 atom stereocenters. The minimum atomic E-state index is 0.317. The summed E-state index contributed by atoms with van der Waals surface area (Å²) in [6.07, 6.45) is 6.34. The number of nitrogens with two attached hydrogens (primary N) is 1. The predicted molar refractivity (Wildman–Crippen MR) is 52.1 cm³/mol. The summed E-state index contributed by atoms with van der Waals surface area (Å²) in [7, 11) is 0. The molecule has 0 saturated carbocycles. The lowest BCUT2D eigenvalue weighted by molar-refractivity contribution is 0.644. The van der Waals surface area contributed by atoms with E-state index in [2.05, 4.69) is 36.9 Å². The SMILES string of the molecule is CCC(N)Cc1ccn(CC)c1. The molecule has 0 radical (unpaired) electrons. The zero-order chi connectivity index (χ0) is 8.97. The van der Waals surface area contributed by atoms with Crippen molar-refractivity contribution in [1.82, 2.24) is 4.57 Å². The van der Waals surface area contributed by atoms with Crippen LogP contribution in [0.25, 0.3) is 0 Å². The minimum Gasteiger partial charge on any atom is -0.354 e. The fourth-order valence-electron chi connectivity index (χ4n) is 1.26. The molecule has 2 N–H and O–H groups in total. The average molecular weight is 166 g/mol. The Morgan fingerprint density at radius 3 is 2.75 bits per heavy atom. The maximum atomic E-state index is 5.85. The van der Waals surface area contributed by atoms with Crippen molar-refractivity contribution in [3.63, 3.8) is 0 Å². The third kappa shape index (κ3) is 2.38. The molecule has 1 unspecified atom stereocenters. The van der Waals surface area contributed by atoms with Gasteiger partial charge in [0.2, 0.25) is 0 Å². The molecular weight excluding hydrogens is 148 g/mol. The van der Waals surface area contributed by atoms with E-state index in [9.17, 15) is 0 Å². The van der Waals surface area contributed by atoms with Crippen LogP contribution in [0.3, 0.4) is 0 Å².